The highest BCUT2D eigenvalue weighted by molar-refractivity contribution is 5.85. The minimum Gasteiger partial charge on any atom is -0.480 e. The van der Waals surface area contributed by atoms with Gasteiger partial charge < -0.3 is 10.4 Å². The van der Waals surface area contributed by atoms with Crippen molar-refractivity contribution in [3.8, 4) is 0 Å². The number of carbonyl (C=O) groups excluding carboxylic acids is 1. The molecule has 0 fully saturated rings. The fraction of sp³-hybridized carbons (Fsp3) is 0.737. The summed E-state index contributed by atoms with van der Waals surface area (Å²) in [6.45, 7) is 15.1. The molecule has 1 aromatic rings. The standard InChI is InChI=1S/C19H33N3O3/c1-12(2)11-22-14(4)15(13(3)21-22)10-17(23)20-16(18(24)25)8-9-19(5,6)7/h12,16H,8-11H2,1-7H3,(H,20,23)(H,24,25). The van der Waals surface area contributed by atoms with Gasteiger partial charge in [-0.25, -0.2) is 4.79 Å². The molecular weight excluding hydrogens is 318 g/mol. The van der Waals surface area contributed by atoms with Crippen LogP contribution in [-0.4, -0.2) is 32.8 Å². The number of carboxylic acid groups (broad SMARTS) is 1. The van der Waals surface area contributed by atoms with Crippen molar-refractivity contribution in [1.82, 2.24) is 15.1 Å². The van der Waals surface area contributed by atoms with E-state index in [-0.39, 0.29) is 17.7 Å². The van der Waals surface area contributed by atoms with Crippen LogP contribution in [0.4, 0.5) is 0 Å². The third-order valence-corrected chi connectivity index (χ3v) is 4.22. The van der Waals surface area contributed by atoms with Gasteiger partial charge in [-0.1, -0.05) is 34.6 Å². The molecular formula is C19H33N3O3. The quantitative estimate of drug-likeness (QED) is 0.754. The van der Waals surface area contributed by atoms with Gasteiger partial charge in [-0.2, -0.15) is 5.10 Å². The maximum absolute atomic E-state index is 12.4. The van der Waals surface area contributed by atoms with Crippen molar-refractivity contribution in [1.29, 1.82) is 0 Å². The number of amides is 1. The molecule has 6 nitrogen and oxygen atoms in total. The van der Waals surface area contributed by atoms with Crippen LogP contribution in [-0.2, 0) is 22.6 Å². The molecule has 0 bridgehead atoms. The van der Waals surface area contributed by atoms with Gasteiger partial charge in [0.2, 0.25) is 5.91 Å². The molecule has 0 aromatic carbocycles. The predicted molar refractivity (Wildman–Crippen MR) is 98.5 cm³/mol. The van der Waals surface area contributed by atoms with Crippen LogP contribution < -0.4 is 5.32 Å². The molecule has 6 heteroatoms. The monoisotopic (exact) mass is 351 g/mol. The Morgan fingerprint density at radius 3 is 2.32 bits per heavy atom. The van der Waals surface area contributed by atoms with E-state index < -0.39 is 12.0 Å². The molecule has 0 aliphatic heterocycles. The zero-order valence-electron chi connectivity index (χ0n) is 16.6. The highest BCUT2D eigenvalue weighted by Gasteiger charge is 2.24. The molecule has 1 rings (SSSR count). The van der Waals surface area contributed by atoms with E-state index in [1.807, 2.05) is 18.5 Å². The summed E-state index contributed by atoms with van der Waals surface area (Å²) < 4.78 is 1.93. The number of rotatable bonds is 8. The molecule has 0 aliphatic rings. The highest BCUT2D eigenvalue weighted by atomic mass is 16.4. The third-order valence-electron chi connectivity index (χ3n) is 4.22. The summed E-state index contributed by atoms with van der Waals surface area (Å²) in [7, 11) is 0. The summed E-state index contributed by atoms with van der Waals surface area (Å²) in [5.41, 5.74) is 2.72. The predicted octanol–water partition coefficient (Wildman–Crippen LogP) is 3.09. The molecule has 1 heterocycles. The van der Waals surface area contributed by atoms with Crippen molar-refractivity contribution in [3.63, 3.8) is 0 Å². The number of hydrogen-bond acceptors (Lipinski definition) is 3. The smallest absolute Gasteiger partial charge is 0.326 e. The molecule has 142 valence electrons. The summed E-state index contributed by atoms with van der Waals surface area (Å²) in [6.07, 6.45) is 1.32. The zero-order chi connectivity index (χ0) is 19.4. The second kappa shape index (κ2) is 8.50. The van der Waals surface area contributed by atoms with Crippen LogP contribution in [0.2, 0.25) is 0 Å². The lowest BCUT2D eigenvalue weighted by Gasteiger charge is -2.21. The average molecular weight is 351 g/mol. The number of carbonyl (C=O) groups is 2. The largest absolute Gasteiger partial charge is 0.480 e. The molecule has 25 heavy (non-hydrogen) atoms. The van der Waals surface area contributed by atoms with Crippen molar-refractivity contribution in [2.75, 3.05) is 0 Å². The molecule has 2 N–H and O–H groups in total. The molecule has 0 aliphatic carbocycles. The van der Waals surface area contributed by atoms with Crippen molar-refractivity contribution in [2.45, 2.75) is 80.3 Å². The van der Waals surface area contributed by atoms with Gasteiger partial charge in [0, 0.05) is 17.8 Å². The minimum absolute atomic E-state index is 0.0313. The van der Waals surface area contributed by atoms with E-state index in [1.165, 1.54) is 0 Å². The van der Waals surface area contributed by atoms with E-state index in [0.717, 1.165) is 29.9 Å². The number of hydrogen-bond donors (Lipinski definition) is 2. The van der Waals surface area contributed by atoms with Crippen LogP contribution in [0.3, 0.4) is 0 Å². The first-order valence-corrected chi connectivity index (χ1v) is 8.95. The normalized spacial score (nSPS) is 13.1. The summed E-state index contributed by atoms with van der Waals surface area (Å²) in [5.74, 6) is -0.786. The molecule has 1 atom stereocenters. The average Bonchev–Trinajstić information content (AvgIpc) is 2.69. The Hall–Kier alpha value is -1.85. The van der Waals surface area contributed by atoms with E-state index in [2.05, 4.69) is 45.0 Å². The van der Waals surface area contributed by atoms with E-state index >= 15 is 0 Å². The van der Waals surface area contributed by atoms with Crippen LogP contribution in [0.25, 0.3) is 0 Å². The van der Waals surface area contributed by atoms with E-state index in [4.69, 9.17) is 0 Å². The second-order valence-electron chi connectivity index (χ2n) is 8.46. The second-order valence-corrected chi connectivity index (χ2v) is 8.46. The zero-order valence-corrected chi connectivity index (χ0v) is 16.6. The van der Waals surface area contributed by atoms with Crippen LogP contribution in [0.5, 0.6) is 0 Å². The summed E-state index contributed by atoms with van der Waals surface area (Å²) in [6, 6.07) is -0.849. The van der Waals surface area contributed by atoms with Crippen LogP contribution in [0.1, 0.15) is 64.4 Å². The van der Waals surface area contributed by atoms with Crippen molar-refractivity contribution < 1.29 is 14.7 Å². The molecule has 1 unspecified atom stereocenters. The van der Waals surface area contributed by atoms with Gasteiger partial charge in [0.05, 0.1) is 12.1 Å². The highest BCUT2D eigenvalue weighted by Crippen LogP contribution is 2.22. The number of nitrogens with zero attached hydrogens (tertiary/aromatic N) is 2. The van der Waals surface area contributed by atoms with Crippen molar-refractivity contribution in [3.05, 3.63) is 17.0 Å². The number of nitrogens with one attached hydrogen (secondary N) is 1. The summed E-state index contributed by atoms with van der Waals surface area (Å²) in [4.78, 5) is 23.8. The fourth-order valence-electron chi connectivity index (χ4n) is 2.75. The molecule has 1 aromatic heterocycles. The Kier molecular flexibility index (Phi) is 7.20. The van der Waals surface area contributed by atoms with Gasteiger partial charge in [-0.3, -0.25) is 9.48 Å². The lowest BCUT2D eigenvalue weighted by molar-refractivity contribution is -0.142. The number of aliphatic carboxylic acids is 1. The summed E-state index contributed by atoms with van der Waals surface area (Å²) in [5, 5.41) is 16.5. The maximum atomic E-state index is 12.4. The first-order chi connectivity index (χ1) is 11.4. The van der Waals surface area contributed by atoms with E-state index in [1.54, 1.807) is 0 Å². The van der Waals surface area contributed by atoms with Gasteiger partial charge in [-0.05, 0) is 38.0 Å². The Balaban J connectivity index is 2.77. The first kappa shape index (κ1) is 21.2. The number of aryl methyl sites for hydroxylation is 1. The lowest BCUT2D eigenvalue weighted by atomic mass is 9.88. The van der Waals surface area contributed by atoms with Crippen LogP contribution in [0.15, 0.2) is 0 Å². The maximum Gasteiger partial charge on any atom is 0.326 e. The Morgan fingerprint density at radius 1 is 1.24 bits per heavy atom. The Labute approximate surface area is 151 Å². The van der Waals surface area contributed by atoms with Gasteiger partial charge >= 0.3 is 5.97 Å². The Bertz CT molecular complexity index is 612. The minimum atomic E-state index is -0.985. The Morgan fingerprint density at radius 2 is 1.84 bits per heavy atom. The van der Waals surface area contributed by atoms with Crippen molar-refractivity contribution >= 4 is 11.9 Å². The molecule has 1 amide bonds. The van der Waals surface area contributed by atoms with Gasteiger partial charge in [0.1, 0.15) is 6.04 Å². The van der Waals surface area contributed by atoms with Gasteiger partial charge in [0.25, 0.3) is 0 Å². The molecule has 0 radical (unpaired) electrons. The van der Waals surface area contributed by atoms with E-state index in [0.29, 0.717) is 12.3 Å². The fourth-order valence-corrected chi connectivity index (χ4v) is 2.75. The van der Waals surface area contributed by atoms with E-state index in [9.17, 15) is 14.7 Å². The van der Waals surface area contributed by atoms with Crippen molar-refractivity contribution in [2.24, 2.45) is 11.3 Å². The third kappa shape index (κ3) is 6.88. The SMILES string of the molecule is Cc1nn(CC(C)C)c(C)c1CC(=O)NC(CCC(C)(C)C)C(=O)O. The molecule has 0 spiro atoms. The van der Waals surface area contributed by atoms with Gasteiger partial charge in [-0.15, -0.1) is 0 Å². The number of carboxylic acids is 1. The van der Waals surface area contributed by atoms with Gasteiger partial charge in [0.15, 0.2) is 0 Å². The number of aromatic nitrogens is 2. The van der Waals surface area contributed by atoms with Crippen LogP contribution >= 0.6 is 0 Å². The lowest BCUT2D eigenvalue weighted by Crippen LogP contribution is -2.42. The van der Waals surface area contributed by atoms with Crippen LogP contribution in [0, 0.1) is 25.2 Å². The first-order valence-electron chi connectivity index (χ1n) is 8.95. The molecule has 0 saturated heterocycles. The topological polar surface area (TPSA) is 84.2 Å². The summed E-state index contributed by atoms with van der Waals surface area (Å²) >= 11 is 0. The molecule has 0 saturated carbocycles.